The molecule has 0 radical (unpaired) electrons. The maximum Gasteiger partial charge on any atom is 2.00 e. The Morgan fingerprint density at radius 2 is 1.57 bits per heavy atom. The average Bonchev–Trinajstić information content (AvgIpc) is 1.37. The van der Waals surface area contributed by atoms with Crippen molar-refractivity contribution in [1.29, 1.82) is 0 Å². The molecule has 0 nitrogen and oxygen atoms in total. The Labute approximate surface area is 61.5 Å². The largest absolute Gasteiger partial charge is 2.00 e. The van der Waals surface area contributed by atoms with Crippen LogP contribution < -0.4 is 0 Å². The molecule has 7 heavy (non-hydrogen) atoms. The van der Waals surface area contributed by atoms with Gasteiger partial charge in [0, 0.05) is 0 Å². The van der Waals surface area contributed by atoms with Crippen molar-refractivity contribution in [1.82, 2.24) is 0 Å². The van der Waals surface area contributed by atoms with E-state index in [-0.39, 0.29) is 34.3 Å². The van der Waals surface area contributed by atoms with Crippen molar-refractivity contribution in [2.75, 3.05) is 0 Å². The van der Waals surface area contributed by atoms with E-state index in [9.17, 15) is 0 Å². The fourth-order valence-corrected chi connectivity index (χ4v) is 0. The average molecular weight is 154 g/mol. The molecule has 1 heteroatoms. The molecule has 0 unspecified atom stereocenters. The Hall–Kier alpha value is 0.623. The van der Waals surface area contributed by atoms with Crippen molar-refractivity contribution in [3.8, 4) is 0 Å². The minimum absolute atomic E-state index is 0. The van der Waals surface area contributed by atoms with E-state index in [1.165, 1.54) is 6.42 Å². The molecule has 0 atom stereocenters. The molecule has 0 rings (SSSR count). The van der Waals surface area contributed by atoms with Crippen LogP contribution in [0.2, 0.25) is 0 Å². The summed E-state index contributed by atoms with van der Waals surface area (Å²) in [5, 5.41) is 0. The quantitative estimate of drug-likeness (QED) is 0.401. The SMILES string of the molecule is C.C[CH-]CC.[CH3-].[Zn+2]. The summed E-state index contributed by atoms with van der Waals surface area (Å²) < 4.78 is 0. The monoisotopic (exact) mass is 152 g/mol. The molecule has 0 heterocycles. The van der Waals surface area contributed by atoms with Crippen LogP contribution in [0, 0.1) is 13.8 Å². The van der Waals surface area contributed by atoms with Crippen LogP contribution in [0.25, 0.3) is 0 Å². The Kier molecular flexibility index (Phi) is 111. The number of rotatable bonds is 1. The zero-order valence-electron chi connectivity index (χ0n) is 4.99. The fraction of sp³-hybridized carbons (Fsp3) is 0.667. The smallest absolute Gasteiger partial charge is 0.358 e. The molecule has 0 aliphatic carbocycles. The van der Waals surface area contributed by atoms with Gasteiger partial charge in [-0.15, -0.1) is 0 Å². The van der Waals surface area contributed by atoms with Crippen LogP contribution in [0.1, 0.15) is 27.7 Å². The van der Waals surface area contributed by atoms with Crippen molar-refractivity contribution < 1.29 is 19.5 Å². The van der Waals surface area contributed by atoms with Gasteiger partial charge in [0.1, 0.15) is 0 Å². The summed E-state index contributed by atoms with van der Waals surface area (Å²) in [5.74, 6) is 0. The number of hydrogen-bond donors (Lipinski definition) is 0. The van der Waals surface area contributed by atoms with Gasteiger partial charge in [-0.3, -0.25) is 0 Å². The van der Waals surface area contributed by atoms with Gasteiger partial charge in [-0.2, -0.15) is 13.3 Å². The summed E-state index contributed by atoms with van der Waals surface area (Å²) in [4.78, 5) is 0. The van der Waals surface area contributed by atoms with Crippen molar-refractivity contribution in [2.24, 2.45) is 0 Å². The molecular weight excluding hydrogens is 137 g/mol. The summed E-state index contributed by atoms with van der Waals surface area (Å²) in [6, 6.07) is 0. The Morgan fingerprint density at radius 3 is 1.57 bits per heavy atom. The zero-order valence-corrected chi connectivity index (χ0v) is 7.96. The van der Waals surface area contributed by atoms with Crippen molar-refractivity contribution in [3.05, 3.63) is 13.8 Å². The zero-order chi connectivity index (χ0) is 3.41. The second-order valence-corrected chi connectivity index (χ2v) is 0.816. The van der Waals surface area contributed by atoms with E-state index in [1.807, 2.05) is 0 Å². The van der Waals surface area contributed by atoms with E-state index in [0.717, 1.165) is 0 Å². The molecular formula is C6H16Zn. The van der Waals surface area contributed by atoms with Crippen LogP contribution >= 0.6 is 0 Å². The van der Waals surface area contributed by atoms with Crippen LogP contribution in [0.5, 0.6) is 0 Å². The topological polar surface area (TPSA) is 0 Å². The third-order valence-corrected chi connectivity index (χ3v) is 0.408. The Balaban J connectivity index is -0.0000000150. The molecule has 0 aliphatic rings. The van der Waals surface area contributed by atoms with Crippen LogP contribution in [0.15, 0.2) is 0 Å². The molecule has 0 aromatic heterocycles. The first-order valence-corrected chi connectivity index (χ1v) is 1.69. The van der Waals surface area contributed by atoms with Crippen LogP contribution in [0.4, 0.5) is 0 Å². The van der Waals surface area contributed by atoms with Gasteiger partial charge >= 0.3 is 19.5 Å². The Morgan fingerprint density at radius 1 is 1.43 bits per heavy atom. The van der Waals surface area contributed by atoms with E-state index >= 15 is 0 Å². The maximum absolute atomic E-state index is 2.12. The van der Waals surface area contributed by atoms with Crippen molar-refractivity contribution in [2.45, 2.75) is 27.7 Å². The van der Waals surface area contributed by atoms with Gasteiger partial charge in [0.05, 0.1) is 0 Å². The van der Waals surface area contributed by atoms with Gasteiger partial charge in [-0.05, 0) is 0 Å². The molecule has 0 aliphatic heterocycles. The minimum Gasteiger partial charge on any atom is -0.358 e. The van der Waals surface area contributed by atoms with E-state index in [0.29, 0.717) is 0 Å². The molecule has 0 amide bonds. The predicted molar refractivity (Wildman–Crippen MR) is 33.4 cm³/mol. The second kappa shape index (κ2) is 30.4. The standard InChI is InChI=1S/C4H9.CH4.CH3.Zn/c1-3-4-2;;;/h3H,4H2,1-2H3;1H4;1H3;/q-1;;-1;+2. The van der Waals surface area contributed by atoms with E-state index in [1.54, 1.807) is 0 Å². The molecule has 0 saturated carbocycles. The van der Waals surface area contributed by atoms with E-state index in [2.05, 4.69) is 20.3 Å². The molecule has 0 bridgehead atoms. The normalized spacial score (nSPS) is 4.29. The summed E-state index contributed by atoms with van der Waals surface area (Å²) in [5.41, 5.74) is 0. The third kappa shape index (κ3) is 53.7. The van der Waals surface area contributed by atoms with Crippen LogP contribution in [-0.4, -0.2) is 0 Å². The van der Waals surface area contributed by atoms with E-state index < -0.39 is 0 Å². The van der Waals surface area contributed by atoms with Gasteiger partial charge < -0.3 is 13.8 Å². The molecule has 42 valence electrons. The molecule has 0 aromatic carbocycles. The van der Waals surface area contributed by atoms with Gasteiger partial charge in [0.25, 0.3) is 0 Å². The molecule has 0 spiro atoms. The summed E-state index contributed by atoms with van der Waals surface area (Å²) in [7, 11) is 0. The van der Waals surface area contributed by atoms with Gasteiger partial charge in [0.2, 0.25) is 0 Å². The summed E-state index contributed by atoms with van der Waals surface area (Å²) >= 11 is 0. The third-order valence-electron chi connectivity index (χ3n) is 0.408. The Bertz CT molecular complexity index is 6.14. The predicted octanol–water partition coefficient (Wildman–Crippen LogP) is 2.70. The maximum atomic E-state index is 2.12. The fourth-order valence-electron chi connectivity index (χ4n) is 0. The molecule has 0 saturated heterocycles. The minimum atomic E-state index is 0. The summed E-state index contributed by atoms with van der Waals surface area (Å²) in [6.07, 6.45) is 3.32. The molecule has 0 fully saturated rings. The van der Waals surface area contributed by atoms with Gasteiger partial charge in [-0.25, -0.2) is 0 Å². The molecule has 0 N–H and O–H groups in total. The first-order chi connectivity index (χ1) is 1.91. The van der Waals surface area contributed by atoms with Gasteiger partial charge in [-0.1, -0.05) is 14.4 Å². The van der Waals surface area contributed by atoms with Crippen LogP contribution in [-0.2, 0) is 19.5 Å². The van der Waals surface area contributed by atoms with E-state index in [4.69, 9.17) is 0 Å². The first-order valence-electron chi connectivity index (χ1n) is 1.69. The van der Waals surface area contributed by atoms with Crippen molar-refractivity contribution in [3.63, 3.8) is 0 Å². The first kappa shape index (κ1) is 25.5. The number of unbranched alkanes of at least 4 members (excludes halogenated alkanes) is 1. The number of hydrogen-bond acceptors (Lipinski definition) is 0. The van der Waals surface area contributed by atoms with Crippen LogP contribution in [0.3, 0.4) is 0 Å². The summed E-state index contributed by atoms with van der Waals surface area (Å²) in [6.45, 7) is 4.18. The second-order valence-electron chi connectivity index (χ2n) is 0.816. The van der Waals surface area contributed by atoms with Crippen molar-refractivity contribution >= 4 is 0 Å². The van der Waals surface area contributed by atoms with Gasteiger partial charge in [0.15, 0.2) is 0 Å². The molecule has 0 aromatic rings.